The molecule has 0 aliphatic heterocycles. The second kappa shape index (κ2) is 8.41. The zero-order chi connectivity index (χ0) is 19.2. The van der Waals surface area contributed by atoms with Crippen molar-refractivity contribution < 1.29 is 9.59 Å². The Morgan fingerprint density at radius 1 is 1.19 bits per heavy atom. The summed E-state index contributed by atoms with van der Waals surface area (Å²) >= 11 is 3.33. The Hall–Kier alpha value is -3.26. The molecule has 0 aliphatic rings. The van der Waals surface area contributed by atoms with Gasteiger partial charge in [0.2, 0.25) is 5.91 Å². The summed E-state index contributed by atoms with van der Waals surface area (Å²) in [4.78, 5) is 23.3. The average molecular weight is 426 g/mol. The number of nitrogens with two attached hydrogens (primary N) is 1. The number of aromatic nitrogens is 2. The summed E-state index contributed by atoms with van der Waals surface area (Å²) < 4.78 is 2.25. The van der Waals surface area contributed by atoms with E-state index >= 15 is 0 Å². The van der Waals surface area contributed by atoms with Crippen molar-refractivity contribution in [1.29, 1.82) is 0 Å². The maximum Gasteiger partial charge on any atom is 0.271 e. The molecule has 2 aromatic carbocycles. The average Bonchev–Trinajstić information content (AvgIpc) is 3.04. The molecule has 3 N–H and O–H groups in total. The molecule has 7 nitrogen and oxygen atoms in total. The highest BCUT2D eigenvalue weighted by Gasteiger charge is 2.11. The van der Waals surface area contributed by atoms with Crippen LogP contribution in [0.15, 0.2) is 70.4 Å². The van der Waals surface area contributed by atoms with E-state index in [1.807, 2.05) is 36.4 Å². The summed E-state index contributed by atoms with van der Waals surface area (Å²) in [5, 5.41) is 8.41. The quantitative estimate of drug-likeness (QED) is 0.468. The number of hydrazone groups is 1. The van der Waals surface area contributed by atoms with E-state index in [-0.39, 0.29) is 12.5 Å². The summed E-state index contributed by atoms with van der Waals surface area (Å²) in [6.07, 6.45) is 3.14. The first kappa shape index (κ1) is 18.5. The molecule has 0 atom stereocenters. The van der Waals surface area contributed by atoms with Gasteiger partial charge in [-0.3, -0.25) is 14.3 Å². The molecule has 0 unspecified atom stereocenters. The van der Waals surface area contributed by atoms with Crippen LogP contribution in [0.4, 0.5) is 0 Å². The van der Waals surface area contributed by atoms with E-state index in [0.717, 1.165) is 10.0 Å². The number of primary amides is 1. The van der Waals surface area contributed by atoms with Crippen molar-refractivity contribution in [3.8, 4) is 11.3 Å². The fraction of sp³-hybridized carbons (Fsp3) is 0.0526. The SMILES string of the molecule is NC(=O)Cn1cc(/C=N/NC(=O)c2cccc(Br)c2)c(-c2ccccc2)n1. The molecule has 1 aromatic heterocycles. The first-order valence-electron chi connectivity index (χ1n) is 8.03. The van der Waals surface area contributed by atoms with Gasteiger partial charge < -0.3 is 5.73 Å². The molecule has 0 saturated heterocycles. The maximum atomic E-state index is 12.2. The number of hydrogen-bond donors (Lipinski definition) is 2. The molecule has 0 fully saturated rings. The van der Waals surface area contributed by atoms with Gasteiger partial charge >= 0.3 is 0 Å². The van der Waals surface area contributed by atoms with E-state index < -0.39 is 5.91 Å². The summed E-state index contributed by atoms with van der Waals surface area (Å²) in [6, 6.07) is 16.5. The van der Waals surface area contributed by atoms with E-state index in [1.54, 1.807) is 24.4 Å². The molecule has 3 rings (SSSR count). The third-order valence-electron chi connectivity index (χ3n) is 3.61. The topological polar surface area (TPSA) is 102 Å². The van der Waals surface area contributed by atoms with E-state index in [2.05, 4.69) is 31.6 Å². The van der Waals surface area contributed by atoms with Crippen molar-refractivity contribution in [1.82, 2.24) is 15.2 Å². The number of amides is 2. The Kier molecular flexibility index (Phi) is 5.77. The van der Waals surface area contributed by atoms with Crippen molar-refractivity contribution >= 4 is 34.0 Å². The van der Waals surface area contributed by atoms with Gasteiger partial charge in [-0.05, 0) is 18.2 Å². The Labute approximate surface area is 164 Å². The Morgan fingerprint density at radius 3 is 2.67 bits per heavy atom. The zero-order valence-corrected chi connectivity index (χ0v) is 15.8. The third-order valence-corrected chi connectivity index (χ3v) is 4.10. The lowest BCUT2D eigenvalue weighted by Gasteiger charge is -2.00. The third kappa shape index (κ3) is 4.89. The van der Waals surface area contributed by atoms with Crippen LogP contribution in [0.3, 0.4) is 0 Å². The molecule has 136 valence electrons. The maximum absolute atomic E-state index is 12.2. The van der Waals surface area contributed by atoms with Crippen molar-refractivity contribution in [2.75, 3.05) is 0 Å². The van der Waals surface area contributed by atoms with Crippen LogP contribution in [-0.4, -0.2) is 27.8 Å². The highest BCUT2D eigenvalue weighted by molar-refractivity contribution is 9.10. The van der Waals surface area contributed by atoms with Crippen LogP contribution in [0.2, 0.25) is 0 Å². The summed E-state index contributed by atoms with van der Waals surface area (Å²) in [5.41, 5.74) is 10.4. The van der Waals surface area contributed by atoms with Gasteiger partial charge in [0.25, 0.3) is 5.91 Å². The molecule has 27 heavy (non-hydrogen) atoms. The molecule has 0 bridgehead atoms. The molecule has 0 radical (unpaired) electrons. The Balaban J connectivity index is 1.82. The number of hydrogen-bond acceptors (Lipinski definition) is 4. The molecule has 0 spiro atoms. The normalized spacial score (nSPS) is 10.9. The van der Waals surface area contributed by atoms with Crippen LogP contribution in [0.25, 0.3) is 11.3 Å². The molecule has 1 heterocycles. The van der Waals surface area contributed by atoms with Gasteiger partial charge in [-0.15, -0.1) is 0 Å². The molecule has 0 aliphatic carbocycles. The van der Waals surface area contributed by atoms with Crippen molar-refractivity contribution in [3.05, 3.63) is 76.4 Å². The van der Waals surface area contributed by atoms with Crippen LogP contribution in [0, 0.1) is 0 Å². The largest absolute Gasteiger partial charge is 0.368 e. The van der Waals surface area contributed by atoms with E-state index in [1.165, 1.54) is 10.9 Å². The van der Waals surface area contributed by atoms with Crippen LogP contribution < -0.4 is 11.2 Å². The van der Waals surface area contributed by atoms with Gasteiger partial charge in [0, 0.05) is 27.4 Å². The zero-order valence-electron chi connectivity index (χ0n) is 14.2. The fourth-order valence-corrected chi connectivity index (χ4v) is 2.85. The first-order valence-corrected chi connectivity index (χ1v) is 8.82. The Morgan fingerprint density at radius 2 is 1.96 bits per heavy atom. The van der Waals surface area contributed by atoms with Crippen LogP contribution in [-0.2, 0) is 11.3 Å². The van der Waals surface area contributed by atoms with Gasteiger partial charge in [0.15, 0.2) is 0 Å². The molecule has 8 heteroatoms. The second-order valence-corrected chi connectivity index (χ2v) is 6.59. The number of carbonyl (C=O) groups is 2. The number of carbonyl (C=O) groups excluding carboxylic acids is 2. The standard InChI is InChI=1S/C19H16BrN5O2/c20-16-8-4-7-14(9-16)19(27)23-22-10-15-11-25(12-17(21)26)24-18(15)13-5-2-1-3-6-13/h1-11H,12H2,(H2,21,26)(H,23,27)/b22-10+. The van der Waals surface area contributed by atoms with Gasteiger partial charge in [0.1, 0.15) is 12.2 Å². The molecule has 2 amide bonds. The predicted molar refractivity (Wildman–Crippen MR) is 106 cm³/mol. The number of nitrogens with zero attached hydrogens (tertiary/aromatic N) is 3. The van der Waals surface area contributed by atoms with Crippen LogP contribution in [0.5, 0.6) is 0 Å². The van der Waals surface area contributed by atoms with Crippen LogP contribution in [0.1, 0.15) is 15.9 Å². The van der Waals surface area contributed by atoms with Gasteiger partial charge in [0.05, 0.1) is 6.21 Å². The molecule has 0 saturated carbocycles. The lowest BCUT2D eigenvalue weighted by molar-refractivity contribution is -0.118. The summed E-state index contributed by atoms with van der Waals surface area (Å²) in [5.74, 6) is -0.832. The number of halogens is 1. The second-order valence-electron chi connectivity index (χ2n) is 5.67. The lowest BCUT2D eigenvalue weighted by Crippen LogP contribution is -2.18. The summed E-state index contributed by atoms with van der Waals surface area (Å²) in [7, 11) is 0. The van der Waals surface area contributed by atoms with E-state index in [0.29, 0.717) is 16.8 Å². The van der Waals surface area contributed by atoms with E-state index in [4.69, 9.17) is 5.73 Å². The van der Waals surface area contributed by atoms with Crippen molar-refractivity contribution in [3.63, 3.8) is 0 Å². The Bertz CT molecular complexity index is 998. The van der Waals surface area contributed by atoms with Crippen molar-refractivity contribution in [2.24, 2.45) is 10.8 Å². The van der Waals surface area contributed by atoms with Gasteiger partial charge in [-0.2, -0.15) is 10.2 Å². The van der Waals surface area contributed by atoms with E-state index in [9.17, 15) is 9.59 Å². The van der Waals surface area contributed by atoms with Crippen LogP contribution >= 0.6 is 15.9 Å². The van der Waals surface area contributed by atoms with Crippen molar-refractivity contribution in [2.45, 2.75) is 6.54 Å². The fourth-order valence-electron chi connectivity index (χ4n) is 2.45. The minimum absolute atomic E-state index is 0.0436. The number of nitrogens with one attached hydrogen (secondary N) is 1. The monoisotopic (exact) mass is 425 g/mol. The molecular formula is C19H16BrN5O2. The number of benzene rings is 2. The summed E-state index contributed by atoms with van der Waals surface area (Å²) in [6.45, 7) is -0.0436. The molecular weight excluding hydrogens is 410 g/mol. The highest BCUT2D eigenvalue weighted by atomic mass is 79.9. The van der Waals surface area contributed by atoms with Gasteiger partial charge in [-0.1, -0.05) is 52.3 Å². The highest BCUT2D eigenvalue weighted by Crippen LogP contribution is 2.20. The smallest absolute Gasteiger partial charge is 0.271 e. The van der Waals surface area contributed by atoms with Gasteiger partial charge in [-0.25, -0.2) is 5.43 Å². The first-order chi connectivity index (χ1) is 13.0. The molecule has 3 aromatic rings. The minimum atomic E-state index is -0.497. The minimum Gasteiger partial charge on any atom is -0.368 e. The predicted octanol–water partition coefficient (Wildman–Crippen LogP) is 2.56. The lowest BCUT2D eigenvalue weighted by atomic mass is 10.1. The number of rotatable bonds is 6.